The van der Waals surface area contributed by atoms with Crippen molar-refractivity contribution in [2.45, 2.75) is 25.7 Å². The number of benzene rings is 9. The van der Waals surface area contributed by atoms with Crippen molar-refractivity contribution in [3.05, 3.63) is 199 Å². The van der Waals surface area contributed by atoms with Gasteiger partial charge in [-0.2, -0.15) is 0 Å². The zero-order chi connectivity index (χ0) is 37.8. The zero-order valence-corrected chi connectivity index (χ0v) is 32.1. The Morgan fingerprint density at radius 1 is 0.474 bits per heavy atom. The molecule has 9 aromatic carbocycles. The number of anilines is 5. The fourth-order valence-corrected chi connectivity index (χ4v) is 10.4. The highest BCUT2D eigenvalue weighted by Gasteiger charge is 2.39. The van der Waals surface area contributed by atoms with Gasteiger partial charge in [0.15, 0.2) is 0 Å². The van der Waals surface area contributed by atoms with Crippen molar-refractivity contribution in [3.8, 4) is 44.5 Å². The monoisotopic (exact) mass is 728 g/mol. The largest absolute Gasteiger partial charge is 0.341 e. The van der Waals surface area contributed by atoms with E-state index in [0.29, 0.717) is 0 Å². The lowest BCUT2D eigenvalue weighted by molar-refractivity contribution is 0.660. The third-order valence-electron chi connectivity index (χ3n) is 13.1. The summed E-state index contributed by atoms with van der Waals surface area (Å²) in [5, 5.41) is 5.07. The maximum absolute atomic E-state index is 2.54. The topological polar surface area (TPSA) is 6.48 Å². The van der Waals surface area contributed by atoms with Crippen LogP contribution < -0.4 is 9.80 Å². The molecule has 0 unspecified atom stereocenters. The molecule has 2 nitrogen and oxygen atoms in total. The van der Waals surface area contributed by atoms with Crippen LogP contribution in [0.1, 0.15) is 30.5 Å². The van der Waals surface area contributed by atoms with Crippen molar-refractivity contribution in [2.75, 3.05) is 16.3 Å². The molecular formula is C55H40N2. The van der Waals surface area contributed by atoms with Gasteiger partial charge in [0, 0.05) is 40.1 Å². The van der Waals surface area contributed by atoms with Gasteiger partial charge >= 0.3 is 0 Å². The fraction of sp³-hybridized carbons (Fsp3) is 0.0909. The Balaban J connectivity index is 1.15. The quantitative estimate of drug-likeness (QED) is 0.174. The summed E-state index contributed by atoms with van der Waals surface area (Å²) in [5.41, 5.74) is 20.6. The average molecular weight is 729 g/mol. The summed E-state index contributed by atoms with van der Waals surface area (Å²) in [4.78, 5) is 5.04. The van der Waals surface area contributed by atoms with Gasteiger partial charge in [-0.25, -0.2) is 0 Å². The normalized spacial score (nSPS) is 14.1. The minimum atomic E-state index is -0.191. The molecule has 270 valence electrons. The third-order valence-corrected chi connectivity index (χ3v) is 13.1. The van der Waals surface area contributed by atoms with E-state index in [1.54, 1.807) is 0 Å². The lowest BCUT2D eigenvalue weighted by Gasteiger charge is -2.31. The van der Waals surface area contributed by atoms with Crippen LogP contribution in [0.25, 0.3) is 66.1 Å². The first-order valence-corrected chi connectivity index (χ1v) is 20.2. The van der Waals surface area contributed by atoms with E-state index in [1.165, 1.54) is 105 Å². The highest BCUT2D eigenvalue weighted by Crippen LogP contribution is 2.57. The van der Waals surface area contributed by atoms with Crippen LogP contribution in [0.3, 0.4) is 0 Å². The molecule has 0 spiro atoms. The molecule has 0 aromatic heterocycles. The van der Waals surface area contributed by atoms with Crippen LogP contribution in [0.15, 0.2) is 182 Å². The molecule has 0 atom stereocenters. The Bertz CT molecular complexity index is 3090. The van der Waals surface area contributed by atoms with Crippen LogP contribution >= 0.6 is 0 Å². The summed E-state index contributed by atoms with van der Waals surface area (Å²) in [6, 6.07) is 68.1. The van der Waals surface area contributed by atoms with Crippen LogP contribution in [0, 0.1) is 0 Å². The first-order valence-electron chi connectivity index (χ1n) is 20.2. The number of fused-ring (bicyclic) bond motifs is 8. The second-order valence-corrected chi connectivity index (χ2v) is 16.4. The second kappa shape index (κ2) is 12.0. The molecule has 1 heterocycles. The Labute approximate surface area is 333 Å². The highest BCUT2D eigenvalue weighted by atomic mass is 15.2. The zero-order valence-electron chi connectivity index (χ0n) is 32.1. The second-order valence-electron chi connectivity index (χ2n) is 16.4. The lowest BCUT2D eigenvalue weighted by atomic mass is 9.81. The maximum atomic E-state index is 2.54. The van der Waals surface area contributed by atoms with Gasteiger partial charge in [-0.1, -0.05) is 147 Å². The van der Waals surface area contributed by atoms with Crippen molar-refractivity contribution < 1.29 is 0 Å². The number of hydrogen-bond acceptors (Lipinski definition) is 2. The Morgan fingerprint density at radius 3 is 2.00 bits per heavy atom. The van der Waals surface area contributed by atoms with Crippen LogP contribution in [-0.4, -0.2) is 6.54 Å². The van der Waals surface area contributed by atoms with Gasteiger partial charge in [-0.15, -0.1) is 0 Å². The lowest BCUT2D eigenvalue weighted by Crippen LogP contribution is -2.17. The molecule has 57 heavy (non-hydrogen) atoms. The van der Waals surface area contributed by atoms with Gasteiger partial charge in [-0.05, 0) is 132 Å². The van der Waals surface area contributed by atoms with Crippen molar-refractivity contribution >= 4 is 50.0 Å². The fourth-order valence-electron chi connectivity index (χ4n) is 10.4. The van der Waals surface area contributed by atoms with Crippen LogP contribution in [-0.2, 0) is 11.8 Å². The van der Waals surface area contributed by atoms with E-state index in [4.69, 9.17) is 0 Å². The number of nitrogens with zero attached hydrogens (tertiary/aromatic N) is 2. The summed E-state index contributed by atoms with van der Waals surface area (Å²) in [6.45, 7) is 5.79. The minimum absolute atomic E-state index is 0.191. The first kappa shape index (κ1) is 32.4. The van der Waals surface area contributed by atoms with Crippen LogP contribution in [0.5, 0.6) is 0 Å². The molecular weight excluding hydrogens is 689 g/mol. The van der Waals surface area contributed by atoms with E-state index in [1.807, 2.05) is 0 Å². The summed E-state index contributed by atoms with van der Waals surface area (Å²) in [7, 11) is 0. The van der Waals surface area contributed by atoms with E-state index < -0.39 is 0 Å². The molecule has 1 aliphatic heterocycles. The van der Waals surface area contributed by atoms with Crippen LogP contribution in [0.2, 0.25) is 0 Å². The molecule has 2 heteroatoms. The molecule has 0 radical (unpaired) electrons. The Hall–Kier alpha value is -6.90. The van der Waals surface area contributed by atoms with Crippen molar-refractivity contribution in [1.82, 2.24) is 0 Å². The van der Waals surface area contributed by atoms with Crippen LogP contribution in [0.4, 0.5) is 28.4 Å². The van der Waals surface area contributed by atoms with Gasteiger partial charge in [0.1, 0.15) is 0 Å². The minimum Gasteiger partial charge on any atom is -0.341 e. The van der Waals surface area contributed by atoms with Gasteiger partial charge in [0.05, 0.1) is 5.69 Å². The summed E-state index contributed by atoms with van der Waals surface area (Å²) < 4.78 is 0. The van der Waals surface area contributed by atoms with Gasteiger partial charge < -0.3 is 9.80 Å². The van der Waals surface area contributed by atoms with E-state index in [-0.39, 0.29) is 5.41 Å². The summed E-state index contributed by atoms with van der Waals surface area (Å²) >= 11 is 0. The molecule has 0 bridgehead atoms. The third kappa shape index (κ3) is 4.65. The van der Waals surface area contributed by atoms with E-state index in [9.17, 15) is 0 Å². The van der Waals surface area contributed by atoms with Gasteiger partial charge in [-0.3, -0.25) is 0 Å². The molecule has 2 aliphatic carbocycles. The Kier molecular flexibility index (Phi) is 6.84. The number of rotatable bonds is 5. The van der Waals surface area contributed by atoms with Gasteiger partial charge in [0.25, 0.3) is 0 Å². The molecule has 0 saturated heterocycles. The molecule has 0 saturated carbocycles. The molecule has 3 aliphatic rings. The Morgan fingerprint density at radius 2 is 1.16 bits per heavy atom. The maximum Gasteiger partial charge on any atom is 0.0540 e. The summed E-state index contributed by atoms with van der Waals surface area (Å²) in [6.07, 6.45) is 0.994. The predicted octanol–water partition coefficient (Wildman–Crippen LogP) is 14.8. The molecule has 0 fully saturated rings. The smallest absolute Gasteiger partial charge is 0.0540 e. The average Bonchev–Trinajstić information content (AvgIpc) is 3.91. The molecule has 12 rings (SSSR count). The molecule has 0 N–H and O–H groups in total. The van der Waals surface area contributed by atoms with Crippen molar-refractivity contribution in [1.29, 1.82) is 0 Å². The molecule has 9 aromatic rings. The predicted molar refractivity (Wildman–Crippen MR) is 241 cm³/mol. The highest BCUT2D eigenvalue weighted by molar-refractivity contribution is 6.19. The standard InChI is InChI=1S/C55H40N2/c1-55(2)49-24-11-10-20-46(49)54-48(42-21-13-25-51-43(42)30-31-56(51)37-16-4-3-5-17-37)33-39(34-50(54)55)57(38-27-26-35-14-6-7-15-36(35)32-38)52-29-28-45-41-19-9-8-18-40(41)44-22-12-23-47(52)53(44)45/h3-29,32-34H,30-31H2,1-2H3. The first-order chi connectivity index (χ1) is 28.0. The molecule has 0 amide bonds. The number of hydrogen-bond donors (Lipinski definition) is 0. The van der Waals surface area contributed by atoms with E-state index in [0.717, 1.165) is 18.7 Å². The van der Waals surface area contributed by atoms with E-state index in [2.05, 4.69) is 206 Å². The van der Waals surface area contributed by atoms with E-state index >= 15 is 0 Å². The van der Waals surface area contributed by atoms with Crippen molar-refractivity contribution in [2.24, 2.45) is 0 Å². The van der Waals surface area contributed by atoms with Crippen molar-refractivity contribution in [3.63, 3.8) is 0 Å². The SMILES string of the molecule is CC1(C)c2ccccc2-c2c(-c3cccc4c3CCN4c3ccccc3)cc(N(c3ccc4ccccc4c3)c3ccc4c5c(cccc35)-c3ccccc3-4)cc21. The van der Waals surface area contributed by atoms with Gasteiger partial charge in [0.2, 0.25) is 0 Å². The summed E-state index contributed by atoms with van der Waals surface area (Å²) in [5.74, 6) is 0. The number of para-hydroxylation sites is 1.